The highest BCUT2D eigenvalue weighted by atomic mass is 16.5. The first kappa shape index (κ1) is 13.4. The predicted octanol–water partition coefficient (Wildman–Crippen LogP) is 2.29. The van der Waals surface area contributed by atoms with Gasteiger partial charge in [0.15, 0.2) is 11.5 Å². The van der Waals surface area contributed by atoms with Crippen molar-refractivity contribution in [1.29, 1.82) is 0 Å². The SMILES string of the molecule is C#CC(CCC)NCc1ccc(OC)c(O)c1. The number of phenolic OH excluding ortho intramolecular Hbond substituents is 1. The van der Waals surface area contributed by atoms with Crippen molar-refractivity contribution in [3.8, 4) is 23.8 Å². The van der Waals surface area contributed by atoms with Gasteiger partial charge in [-0.05, 0) is 24.1 Å². The fraction of sp³-hybridized carbons (Fsp3) is 0.429. The standard InChI is InChI=1S/C14H19NO2/c1-4-6-12(5-2)15-10-11-7-8-14(17-3)13(16)9-11/h2,7-9,12,15-16H,4,6,10H2,1,3H3. The molecule has 1 rings (SSSR count). The molecule has 0 aromatic heterocycles. The van der Waals surface area contributed by atoms with E-state index in [4.69, 9.17) is 11.2 Å². The van der Waals surface area contributed by atoms with Crippen LogP contribution in [0.1, 0.15) is 25.3 Å². The minimum Gasteiger partial charge on any atom is -0.504 e. The molecule has 2 N–H and O–H groups in total. The molecule has 0 saturated carbocycles. The third-order valence-electron chi connectivity index (χ3n) is 2.57. The van der Waals surface area contributed by atoms with Gasteiger partial charge in [-0.2, -0.15) is 0 Å². The van der Waals surface area contributed by atoms with Crippen LogP contribution < -0.4 is 10.1 Å². The third kappa shape index (κ3) is 4.01. The van der Waals surface area contributed by atoms with Crippen LogP contribution in [0.3, 0.4) is 0 Å². The first-order valence-electron chi connectivity index (χ1n) is 5.76. The van der Waals surface area contributed by atoms with Crippen LogP contribution in [-0.2, 0) is 6.54 Å². The van der Waals surface area contributed by atoms with Gasteiger partial charge < -0.3 is 9.84 Å². The minimum absolute atomic E-state index is 0.0873. The van der Waals surface area contributed by atoms with Crippen molar-refractivity contribution in [1.82, 2.24) is 5.32 Å². The zero-order valence-electron chi connectivity index (χ0n) is 10.4. The van der Waals surface area contributed by atoms with Crippen LogP contribution in [0.25, 0.3) is 0 Å². The topological polar surface area (TPSA) is 41.5 Å². The Bertz CT molecular complexity index is 396. The first-order chi connectivity index (χ1) is 8.21. The van der Waals surface area contributed by atoms with E-state index in [0.29, 0.717) is 12.3 Å². The van der Waals surface area contributed by atoms with Crippen LogP contribution >= 0.6 is 0 Å². The predicted molar refractivity (Wildman–Crippen MR) is 69.0 cm³/mol. The van der Waals surface area contributed by atoms with Crippen LogP contribution in [0.2, 0.25) is 0 Å². The molecule has 0 bridgehead atoms. The molecular weight excluding hydrogens is 214 g/mol. The third-order valence-corrected chi connectivity index (χ3v) is 2.57. The van der Waals surface area contributed by atoms with Gasteiger partial charge in [0.05, 0.1) is 13.2 Å². The Kier molecular flexibility index (Phi) is 5.38. The van der Waals surface area contributed by atoms with Gasteiger partial charge in [-0.15, -0.1) is 6.42 Å². The number of rotatable bonds is 6. The maximum atomic E-state index is 9.62. The lowest BCUT2D eigenvalue weighted by molar-refractivity contribution is 0.373. The molecule has 0 saturated heterocycles. The molecule has 3 nitrogen and oxygen atoms in total. The molecule has 0 amide bonds. The molecule has 0 spiro atoms. The summed E-state index contributed by atoms with van der Waals surface area (Å²) in [6.07, 6.45) is 7.42. The number of benzene rings is 1. The van der Waals surface area contributed by atoms with Gasteiger partial charge in [-0.3, -0.25) is 5.32 Å². The van der Waals surface area contributed by atoms with E-state index in [9.17, 15) is 5.11 Å². The number of aromatic hydroxyl groups is 1. The van der Waals surface area contributed by atoms with Gasteiger partial charge in [0.2, 0.25) is 0 Å². The van der Waals surface area contributed by atoms with E-state index in [1.807, 2.05) is 6.07 Å². The first-order valence-corrected chi connectivity index (χ1v) is 5.76. The van der Waals surface area contributed by atoms with E-state index in [-0.39, 0.29) is 11.8 Å². The lowest BCUT2D eigenvalue weighted by Gasteiger charge is -2.12. The molecule has 0 aliphatic carbocycles. The van der Waals surface area contributed by atoms with Crippen molar-refractivity contribution in [2.24, 2.45) is 0 Å². The van der Waals surface area contributed by atoms with E-state index in [1.54, 1.807) is 12.1 Å². The smallest absolute Gasteiger partial charge is 0.160 e. The van der Waals surface area contributed by atoms with Gasteiger partial charge in [-0.25, -0.2) is 0 Å². The van der Waals surface area contributed by atoms with Crippen molar-refractivity contribution in [3.05, 3.63) is 23.8 Å². The second-order valence-corrected chi connectivity index (χ2v) is 3.90. The van der Waals surface area contributed by atoms with Gasteiger partial charge in [0, 0.05) is 6.54 Å². The monoisotopic (exact) mass is 233 g/mol. The molecular formula is C14H19NO2. The van der Waals surface area contributed by atoms with Crippen LogP contribution in [0.4, 0.5) is 0 Å². The van der Waals surface area contributed by atoms with E-state index in [2.05, 4.69) is 18.2 Å². The largest absolute Gasteiger partial charge is 0.504 e. The number of hydrogen-bond donors (Lipinski definition) is 2. The molecule has 1 unspecified atom stereocenters. The maximum Gasteiger partial charge on any atom is 0.160 e. The highest BCUT2D eigenvalue weighted by molar-refractivity contribution is 5.41. The zero-order chi connectivity index (χ0) is 12.7. The summed E-state index contributed by atoms with van der Waals surface area (Å²) in [5.74, 6) is 3.35. The van der Waals surface area contributed by atoms with Crippen molar-refractivity contribution in [3.63, 3.8) is 0 Å². The molecule has 1 aromatic carbocycles. The van der Waals surface area contributed by atoms with Gasteiger partial charge in [-0.1, -0.05) is 25.3 Å². The molecule has 0 heterocycles. The quantitative estimate of drug-likeness (QED) is 0.741. The Hall–Kier alpha value is -1.66. The van der Waals surface area contributed by atoms with Crippen molar-refractivity contribution in [2.45, 2.75) is 32.4 Å². The molecule has 92 valence electrons. The maximum absolute atomic E-state index is 9.62. The molecule has 0 aliphatic rings. The van der Waals surface area contributed by atoms with Crippen LogP contribution in [0.5, 0.6) is 11.5 Å². The highest BCUT2D eigenvalue weighted by Gasteiger charge is 2.05. The fourth-order valence-electron chi connectivity index (χ4n) is 1.62. The molecule has 1 atom stereocenters. The lowest BCUT2D eigenvalue weighted by atomic mass is 10.1. The van der Waals surface area contributed by atoms with E-state index >= 15 is 0 Å². The number of terminal acetylenes is 1. The number of nitrogens with one attached hydrogen (secondary N) is 1. The van der Waals surface area contributed by atoms with E-state index < -0.39 is 0 Å². The van der Waals surface area contributed by atoms with Crippen LogP contribution in [0, 0.1) is 12.3 Å². The highest BCUT2D eigenvalue weighted by Crippen LogP contribution is 2.26. The van der Waals surface area contributed by atoms with Crippen molar-refractivity contribution in [2.75, 3.05) is 7.11 Å². The number of hydrogen-bond acceptors (Lipinski definition) is 3. The summed E-state index contributed by atoms with van der Waals surface area (Å²) >= 11 is 0. The van der Waals surface area contributed by atoms with Gasteiger partial charge >= 0.3 is 0 Å². The molecule has 3 heteroatoms. The lowest BCUT2D eigenvalue weighted by Crippen LogP contribution is -2.26. The molecule has 0 radical (unpaired) electrons. The summed E-state index contributed by atoms with van der Waals surface area (Å²) < 4.78 is 4.98. The second-order valence-electron chi connectivity index (χ2n) is 3.90. The summed E-state index contributed by atoms with van der Waals surface area (Å²) in [5.41, 5.74) is 0.986. The Morgan fingerprint density at radius 2 is 2.29 bits per heavy atom. The molecule has 1 aromatic rings. The van der Waals surface area contributed by atoms with Crippen molar-refractivity contribution >= 4 is 0 Å². The second kappa shape index (κ2) is 6.82. The average molecular weight is 233 g/mol. The zero-order valence-corrected chi connectivity index (χ0v) is 10.4. The van der Waals surface area contributed by atoms with Crippen LogP contribution in [0.15, 0.2) is 18.2 Å². The Labute approximate surface area is 103 Å². The summed E-state index contributed by atoms with van der Waals surface area (Å²) in [6, 6.07) is 5.43. The van der Waals surface area contributed by atoms with E-state index in [0.717, 1.165) is 18.4 Å². The number of methoxy groups -OCH3 is 1. The fourth-order valence-corrected chi connectivity index (χ4v) is 1.62. The number of phenols is 1. The Morgan fingerprint density at radius 3 is 2.82 bits per heavy atom. The summed E-state index contributed by atoms with van der Waals surface area (Å²) in [5, 5.41) is 12.9. The summed E-state index contributed by atoms with van der Waals surface area (Å²) in [4.78, 5) is 0. The van der Waals surface area contributed by atoms with E-state index in [1.165, 1.54) is 7.11 Å². The molecule has 0 fully saturated rings. The molecule has 0 aliphatic heterocycles. The molecule has 17 heavy (non-hydrogen) atoms. The summed E-state index contributed by atoms with van der Waals surface area (Å²) in [7, 11) is 1.53. The summed E-state index contributed by atoms with van der Waals surface area (Å²) in [6.45, 7) is 2.75. The Morgan fingerprint density at radius 1 is 1.53 bits per heavy atom. The average Bonchev–Trinajstić information content (AvgIpc) is 2.34. The minimum atomic E-state index is 0.0873. The number of ether oxygens (including phenoxy) is 1. The normalized spacial score (nSPS) is 11.8. The van der Waals surface area contributed by atoms with Gasteiger partial charge in [0.25, 0.3) is 0 Å². The van der Waals surface area contributed by atoms with Crippen LogP contribution in [-0.4, -0.2) is 18.3 Å². The Balaban J connectivity index is 2.58. The van der Waals surface area contributed by atoms with Gasteiger partial charge in [0.1, 0.15) is 0 Å². The van der Waals surface area contributed by atoms with Crippen molar-refractivity contribution < 1.29 is 9.84 Å².